The Bertz CT molecular complexity index is 932. The number of hydrogen-bond donors (Lipinski definition) is 2. The van der Waals surface area contributed by atoms with Crippen LogP contribution in [0.1, 0.15) is 11.1 Å². The molecule has 1 atom stereocenters. The van der Waals surface area contributed by atoms with Crippen LogP contribution in [-0.4, -0.2) is 46.7 Å². The molecule has 2 aromatic carbocycles. The number of carboxylic acid groups (broad SMARTS) is 2. The molecule has 0 radical (unpaired) electrons. The molecule has 2 aromatic rings. The van der Waals surface area contributed by atoms with Crippen molar-refractivity contribution in [3.05, 3.63) is 96.1 Å². The van der Waals surface area contributed by atoms with Crippen LogP contribution in [0.3, 0.4) is 0 Å². The average molecular weight is 431 g/mol. The molecular formula is C23H23F2NO5. The number of aliphatic carboxylic acids is 2. The molecular weight excluding hydrogens is 408 g/mol. The maximum absolute atomic E-state index is 13.6. The standard InChI is InChI=1S/C19H19F2NO.C4H4O4/c1-2-19(16-8-9-17(20)18(21)12-16)14-22(10-11-23-19)13-15-6-4-3-5-7-15;5-3(6)1-2-4(7)8/h2-9,12H,1,10-11,13-14H2;1-2H,(H,5,6)(H,7,8). The number of nitrogens with zero attached hydrogens (tertiary/aromatic N) is 1. The second-order valence-electron chi connectivity index (χ2n) is 6.78. The Morgan fingerprint density at radius 1 is 1.06 bits per heavy atom. The van der Waals surface area contributed by atoms with Crippen LogP contribution in [0.5, 0.6) is 0 Å². The Hall–Kier alpha value is -3.36. The summed E-state index contributed by atoms with van der Waals surface area (Å²) in [5.41, 5.74) is 0.975. The fraction of sp³-hybridized carbons (Fsp3) is 0.217. The third-order valence-corrected chi connectivity index (χ3v) is 4.58. The SMILES string of the molecule is C=CC1(c2ccc(F)c(F)c2)CN(Cc2ccccc2)CCO1.O=C(O)C=CC(=O)O. The summed E-state index contributed by atoms with van der Waals surface area (Å²) in [7, 11) is 0. The number of carbonyl (C=O) groups is 2. The van der Waals surface area contributed by atoms with Crippen molar-refractivity contribution in [3.63, 3.8) is 0 Å². The summed E-state index contributed by atoms with van der Waals surface area (Å²) in [4.78, 5) is 21.3. The van der Waals surface area contributed by atoms with Crippen LogP contribution in [0.2, 0.25) is 0 Å². The van der Waals surface area contributed by atoms with Gasteiger partial charge >= 0.3 is 11.9 Å². The molecule has 0 aromatic heterocycles. The monoisotopic (exact) mass is 431 g/mol. The summed E-state index contributed by atoms with van der Waals surface area (Å²) in [6.07, 6.45) is 2.79. The number of halogens is 2. The van der Waals surface area contributed by atoms with Crippen molar-refractivity contribution in [2.45, 2.75) is 12.1 Å². The Labute approximate surface area is 178 Å². The molecule has 1 aliphatic heterocycles. The van der Waals surface area contributed by atoms with E-state index in [0.717, 1.165) is 19.2 Å². The van der Waals surface area contributed by atoms with Gasteiger partial charge in [0, 0.05) is 31.8 Å². The predicted molar refractivity (Wildman–Crippen MR) is 110 cm³/mol. The van der Waals surface area contributed by atoms with Gasteiger partial charge < -0.3 is 14.9 Å². The molecule has 1 heterocycles. The Morgan fingerprint density at radius 2 is 1.71 bits per heavy atom. The minimum Gasteiger partial charge on any atom is -0.478 e. The minimum absolute atomic E-state index is 0.512. The third kappa shape index (κ3) is 7.13. The zero-order valence-corrected chi connectivity index (χ0v) is 16.7. The van der Waals surface area contributed by atoms with Gasteiger partial charge in [-0.1, -0.05) is 49.1 Å². The molecule has 6 nitrogen and oxygen atoms in total. The molecule has 164 valence electrons. The molecule has 8 heteroatoms. The van der Waals surface area contributed by atoms with E-state index in [0.29, 0.717) is 30.9 Å². The molecule has 31 heavy (non-hydrogen) atoms. The van der Waals surface area contributed by atoms with E-state index in [1.54, 1.807) is 12.1 Å². The molecule has 0 spiro atoms. The third-order valence-electron chi connectivity index (χ3n) is 4.58. The highest BCUT2D eigenvalue weighted by Gasteiger charge is 2.36. The molecule has 0 saturated carbocycles. The van der Waals surface area contributed by atoms with Crippen LogP contribution >= 0.6 is 0 Å². The topological polar surface area (TPSA) is 87.1 Å². The summed E-state index contributed by atoms with van der Waals surface area (Å²) in [5.74, 6) is -4.24. The molecule has 1 unspecified atom stereocenters. The Kier molecular flexibility index (Phi) is 8.60. The number of hydrogen-bond acceptors (Lipinski definition) is 4. The van der Waals surface area contributed by atoms with Crippen LogP contribution in [0, 0.1) is 11.6 Å². The van der Waals surface area contributed by atoms with E-state index in [4.69, 9.17) is 14.9 Å². The number of ether oxygens (including phenoxy) is 1. The predicted octanol–water partition coefficient (Wildman–Crippen LogP) is 3.59. The van der Waals surface area contributed by atoms with Crippen molar-refractivity contribution in [3.8, 4) is 0 Å². The summed E-state index contributed by atoms with van der Waals surface area (Å²) in [6, 6.07) is 14.0. The van der Waals surface area contributed by atoms with Gasteiger partial charge in [0.2, 0.25) is 0 Å². The van der Waals surface area contributed by atoms with Crippen LogP contribution in [0.25, 0.3) is 0 Å². The van der Waals surface area contributed by atoms with Crippen LogP contribution in [0.4, 0.5) is 8.78 Å². The second-order valence-corrected chi connectivity index (χ2v) is 6.78. The van der Waals surface area contributed by atoms with Crippen molar-refractivity contribution >= 4 is 11.9 Å². The zero-order chi connectivity index (χ0) is 22.9. The first-order chi connectivity index (χ1) is 14.8. The molecule has 1 saturated heterocycles. The fourth-order valence-electron chi connectivity index (χ4n) is 3.11. The first-order valence-corrected chi connectivity index (χ1v) is 9.39. The van der Waals surface area contributed by atoms with Crippen LogP contribution < -0.4 is 0 Å². The van der Waals surface area contributed by atoms with E-state index < -0.39 is 29.2 Å². The number of benzene rings is 2. The van der Waals surface area contributed by atoms with Gasteiger partial charge in [0.1, 0.15) is 5.60 Å². The van der Waals surface area contributed by atoms with E-state index in [-0.39, 0.29) is 0 Å². The molecule has 2 N–H and O–H groups in total. The summed E-state index contributed by atoms with van der Waals surface area (Å²) in [5, 5.41) is 15.6. The summed E-state index contributed by atoms with van der Waals surface area (Å²) < 4.78 is 32.7. The minimum atomic E-state index is -1.26. The quantitative estimate of drug-likeness (QED) is 0.537. The lowest BCUT2D eigenvalue weighted by atomic mass is 9.91. The van der Waals surface area contributed by atoms with E-state index in [2.05, 4.69) is 23.6 Å². The highest BCUT2D eigenvalue weighted by Crippen LogP contribution is 2.32. The molecule has 3 rings (SSSR count). The van der Waals surface area contributed by atoms with Gasteiger partial charge in [-0.05, 0) is 23.3 Å². The largest absolute Gasteiger partial charge is 0.478 e. The average Bonchev–Trinajstić information content (AvgIpc) is 2.75. The maximum atomic E-state index is 13.6. The lowest BCUT2D eigenvalue weighted by molar-refractivity contribution is -0.134. The normalized spacial score (nSPS) is 18.8. The second kappa shape index (κ2) is 11.1. The van der Waals surface area contributed by atoms with Crippen LogP contribution in [-0.2, 0) is 26.5 Å². The maximum Gasteiger partial charge on any atom is 0.328 e. The first kappa shape index (κ1) is 23.9. The van der Waals surface area contributed by atoms with Gasteiger partial charge in [-0.25, -0.2) is 18.4 Å². The summed E-state index contributed by atoms with van der Waals surface area (Å²) in [6.45, 7) is 6.49. The lowest BCUT2D eigenvalue weighted by Gasteiger charge is -2.41. The number of carboxylic acids is 2. The van der Waals surface area contributed by atoms with E-state index >= 15 is 0 Å². The van der Waals surface area contributed by atoms with Crippen LogP contribution in [0.15, 0.2) is 73.3 Å². The molecule has 0 aliphatic carbocycles. The number of morpholine rings is 1. The van der Waals surface area contributed by atoms with Gasteiger partial charge in [0.05, 0.1) is 6.61 Å². The van der Waals surface area contributed by atoms with E-state index in [9.17, 15) is 18.4 Å². The lowest BCUT2D eigenvalue weighted by Crippen LogP contribution is -2.48. The van der Waals surface area contributed by atoms with Gasteiger partial charge in [-0.15, -0.1) is 0 Å². The number of rotatable bonds is 6. The zero-order valence-electron chi connectivity index (χ0n) is 16.7. The molecule has 0 amide bonds. The molecule has 1 aliphatic rings. The van der Waals surface area contributed by atoms with Crippen molar-refractivity contribution in [2.24, 2.45) is 0 Å². The fourth-order valence-corrected chi connectivity index (χ4v) is 3.11. The van der Waals surface area contributed by atoms with E-state index in [1.165, 1.54) is 11.6 Å². The highest BCUT2D eigenvalue weighted by atomic mass is 19.2. The van der Waals surface area contributed by atoms with Crippen molar-refractivity contribution < 1.29 is 33.3 Å². The smallest absolute Gasteiger partial charge is 0.328 e. The first-order valence-electron chi connectivity index (χ1n) is 9.39. The molecule has 1 fully saturated rings. The Morgan fingerprint density at radius 3 is 2.26 bits per heavy atom. The summed E-state index contributed by atoms with van der Waals surface area (Å²) >= 11 is 0. The van der Waals surface area contributed by atoms with Crippen molar-refractivity contribution in [1.29, 1.82) is 0 Å². The van der Waals surface area contributed by atoms with Gasteiger partial charge in [0.25, 0.3) is 0 Å². The highest BCUT2D eigenvalue weighted by molar-refractivity contribution is 5.89. The molecule has 0 bridgehead atoms. The van der Waals surface area contributed by atoms with Gasteiger partial charge in [-0.3, -0.25) is 4.90 Å². The van der Waals surface area contributed by atoms with Crippen molar-refractivity contribution in [2.75, 3.05) is 19.7 Å². The van der Waals surface area contributed by atoms with Gasteiger partial charge in [-0.2, -0.15) is 0 Å². The van der Waals surface area contributed by atoms with Gasteiger partial charge in [0.15, 0.2) is 11.6 Å². The van der Waals surface area contributed by atoms with E-state index in [1.807, 2.05) is 18.2 Å². The van der Waals surface area contributed by atoms with Crippen molar-refractivity contribution in [1.82, 2.24) is 4.90 Å². The Balaban J connectivity index is 0.000000366.